The van der Waals surface area contributed by atoms with Gasteiger partial charge in [-0.1, -0.05) is 204 Å². The topological polar surface area (TPSA) is 3.24 Å². The molecular formula is C58H45N. The molecule has 2 aliphatic rings. The molecule has 0 atom stereocenters. The molecule has 2 aliphatic carbocycles. The summed E-state index contributed by atoms with van der Waals surface area (Å²) in [7, 11) is 0. The minimum absolute atomic E-state index is 0.145. The van der Waals surface area contributed by atoms with Crippen LogP contribution in [-0.4, -0.2) is 0 Å². The fourth-order valence-corrected chi connectivity index (χ4v) is 10.4. The number of nitrogens with zero attached hydrogens (tertiary/aromatic N) is 1. The molecule has 59 heavy (non-hydrogen) atoms. The van der Waals surface area contributed by atoms with Crippen molar-refractivity contribution in [2.45, 2.75) is 38.5 Å². The van der Waals surface area contributed by atoms with Crippen LogP contribution in [0.25, 0.3) is 66.4 Å². The molecule has 0 saturated carbocycles. The van der Waals surface area contributed by atoms with Gasteiger partial charge in [-0.05, 0) is 102 Å². The fraction of sp³-hybridized carbons (Fsp3) is 0.103. The van der Waals surface area contributed by atoms with E-state index in [0.29, 0.717) is 0 Å². The maximum Gasteiger partial charge on any atom is 0.0546 e. The summed E-state index contributed by atoms with van der Waals surface area (Å²) in [6.07, 6.45) is 0. The Kier molecular flexibility index (Phi) is 7.94. The van der Waals surface area contributed by atoms with E-state index in [1.165, 1.54) is 94.3 Å². The predicted octanol–water partition coefficient (Wildman–Crippen LogP) is 15.9. The van der Waals surface area contributed by atoms with Gasteiger partial charge < -0.3 is 4.90 Å². The second-order valence-corrected chi connectivity index (χ2v) is 17.3. The summed E-state index contributed by atoms with van der Waals surface area (Å²) in [5.74, 6) is 0. The normalized spacial score (nSPS) is 14.0. The van der Waals surface area contributed by atoms with Crippen LogP contribution in [0, 0.1) is 0 Å². The standard InChI is InChI=1S/C58H45N/c1-57(2)50-27-15-13-23-45(50)46-35-34-42(36-52(46)57)59(53-29-16-14-22-43(53)41-32-30-39(31-33-41)38-18-7-5-8-19-38)54-37-49-55-44(40-20-9-6-10-21-40)26-17-28-51(55)58(3,4)56(49)48-25-12-11-24-47(48)54/h5-37H,1-4H3. The van der Waals surface area contributed by atoms with Crippen LogP contribution in [0.2, 0.25) is 0 Å². The van der Waals surface area contributed by atoms with Gasteiger partial charge in [0, 0.05) is 27.5 Å². The number of fused-ring (bicyclic) bond motifs is 8. The summed E-state index contributed by atoms with van der Waals surface area (Å²) in [6.45, 7) is 9.57. The van der Waals surface area contributed by atoms with Crippen molar-refractivity contribution in [1.29, 1.82) is 0 Å². The molecule has 0 heterocycles. The van der Waals surface area contributed by atoms with Crippen LogP contribution < -0.4 is 4.90 Å². The van der Waals surface area contributed by atoms with E-state index in [4.69, 9.17) is 0 Å². The van der Waals surface area contributed by atoms with E-state index < -0.39 is 0 Å². The summed E-state index contributed by atoms with van der Waals surface area (Å²) < 4.78 is 0. The summed E-state index contributed by atoms with van der Waals surface area (Å²) in [6, 6.07) is 74.3. The lowest BCUT2D eigenvalue weighted by molar-refractivity contribution is 0.660. The van der Waals surface area contributed by atoms with E-state index in [2.05, 4.69) is 233 Å². The van der Waals surface area contributed by atoms with Crippen molar-refractivity contribution in [2.24, 2.45) is 0 Å². The Bertz CT molecular complexity index is 3080. The third-order valence-electron chi connectivity index (χ3n) is 13.3. The van der Waals surface area contributed by atoms with E-state index in [1.54, 1.807) is 0 Å². The highest BCUT2D eigenvalue weighted by atomic mass is 15.1. The SMILES string of the molecule is CC1(C)c2ccccc2-c2ccc(N(c3ccccc3-c3ccc(-c4ccccc4)cc3)c3cc4c(c5ccccc35)C(C)(C)c3cccc(-c5ccccc5)c3-4)cc21. The molecule has 11 rings (SSSR count). The first-order chi connectivity index (χ1) is 28.8. The summed E-state index contributed by atoms with van der Waals surface area (Å²) in [5, 5.41) is 2.54. The molecule has 1 heteroatoms. The van der Waals surface area contributed by atoms with Crippen LogP contribution in [0.5, 0.6) is 0 Å². The quantitative estimate of drug-likeness (QED) is 0.163. The van der Waals surface area contributed by atoms with E-state index in [0.717, 1.165) is 11.4 Å². The van der Waals surface area contributed by atoms with Gasteiger partial charge in [0.15, 0.2) is 0 Å². The summed E-state index contributed by atoms with van der Waals surface area (Å²) >= 11 is 0. The Morgan fingerprint density at radius 3 is 1.63 bits per heavy atom. The van der Waals surface area contributed by atoms with Gasteiger partial charge in [0.1, 0.15) is 0 Å². The maximum atomic E-state index is 2.55. The predicted molar refractivity (Wildman–Crippen MR) is 250 cm³/mol. The molecule has 0 N–H and O–H groups in total. The van der Waals surface area contributed by atoms with Gasteiger partial charge in [-0.3, -0.25) is 0 Å². The first kappa shape index (κ1) is 35.2. The third kappa shape index (κ3) is 5.38. The number of benzene rings is 9. The molecule has 0 spiro atoms. The maximum absolute atomic E-state index is 2.55. The third-order valence-corrected chi connectivity index (χ3v) is 13.3. The molecule has 0 bridgehead atoms. The summed E-state index contributed by atoms with van der Waals surface area (Å²) in [4.78, 5) is 2.55. The molecule has 282 valence electrons. The fourth-order valence-electron chi connectivity index (χ4n) is 10.4. The van der Waals surface area contributed by atoms with Gasteiger partial charge in [0.05, 0.1) is 11.4 Å². The van der Waals surface area contributed by atoms with Crippen LogP contribution in [0.15, 0.2) is 200 Å². The van der Waals surface area contributed by atoms with Gasteiger partial charge in [0.2, 0.25) is 0 Å². The molecule has 0 unspecified atom stereocenters. The lowest BCUT2D eigenvalue weighted by Crippen LogP contribution is -2.18. The van der Waals surface area contributed by atoms with E-state index in [-0.39, 0.29) is 10.8 Å². The van der Waals surface area contributed by atoms with Crippen LogP contribution in [0.3, 0.4) is 0 Å². The summed E-state index contributed by atoms with van der Waals surface area (Å²) in [5.41, 5.74) is 21.2. The zero-order chi connectivity index (χ0) is 39.9. The first-order valence-electron chi connectivity index (χ1n) is 20.9. The lowest BCUT2D eigenvalue weighted by atomic mass is 9.79. The highest BCUT2D eigenvalue weighted by Gasteiger charge is 2.40. The molecule has 0 aliphatic heterocycles. The number of hydrogen-bond donors (Lipinski definition) is 0. The Hall–Kier alpha value is -6.96. The minimum Gasteiger partial charge on any atom is -0.309 e. The average molecular weight is 756 g/mol. The van der Waals surface area contributed by atoms with Gasteiger partial charge in [-0.2, -0.15) is 0 Å². The Balaban J connectivity index is 1.19. The van der Waals surface area contributed by atoms with Gasteiger partial charge >= 0.3 is 0 Å². The lowest BCUT2D eigenvalue weighted by Gasteiger charge is -2.32. The number of hydrogen-bond acceptors (Lipinski definition) is 1. The number of anilines is 3. The molecule has 0 aromatic heterocycles. The van der Waals surface area contributed by atoms with Crippen molar-refractivity contribution < 1.29 is 0 Å². The molecule has 1 nitrogen and oxygen atoms in total. The van der Waals surface area contributed by atoms with Gasteiger partial charge in [-0.25, -0.2) is 0 Å². The molecular weight excluding hydrogens is 711 g/mol. The Morgan fingerprint density at radius 2 is 0.864 bits per heavy atom. The molecule has 0 saturated heterocycles. The van der Waals surface area contributed by atoms with E-state index in [9.17, 15) is 0 Å². The zero-order valence-electron chi connectivity index (χ0n) is 34.0. The highest BCUT2D eigenvalue weighted by molar-refractivity contribution is 6.10. The van der Waals surface area contributed by atoms with Crippen molar-refractivity contribution in [3.63, 3.8) is 0 Å². The van der Waals surface area contributed by atoms with Crippen LogP contribution in [0.4, 0.5) is 17.1 Å². The number of para-hydroxylation sites is 1. The first-order valence-corrected chi connectivity index (χ1v) is 20.9. The molecule has 0 fully saturated rings. The second kappa shape index (κ2) is 13.3. The van der Waals surface area contributed by atoms with E-state index in [1.807, 2.05) is 0 Å². The highest BCUT2D eigenvalue weighted by Crippen LogP contribution is 2.58. The molecule has 9 aromatic carbocycles. The minimum atomic E-state index is -0.194. The second-order valence-electron chi connectivity index (χ2n) is 17.3. The van der Waals surface area contributed by atoms with Gasteiger partial charge in [-0.15, -0.1) is 0 Å². The molecule has 9 aromatic rings. The van der Waals surface area contributed by atoms with Crippen molar-refractivity contribution in [3.05, 3.63) is 222 Å². The molecule has 0 radical (unpaired) electrons. The van der Waals surface area contributed by atoms with Gasteiger partial charge in [0.25, 0.3) is 0 Å². The van der Waals surface area contributed by atoms with Crippen LogP contribution >= 0.6 is 0 Å². The van der Waals surface area contributed by atoms with Crippen molar-refractivity contribution in [2.75, 3.05) is 4.90 Å². The Morgan fingerprint density at radius 1 is 0.322 bits per heavy atom. The molecule has 0 amide bonds. The smallest absolute Gasteiger partial charge is 0.0546 e. The van der Waals surface area contributed by atoms with Crippen molar-refractivity contribution in [1.82, 2.24) is 0 Å². The van der Waals surface area contributed by atoms with Crippen LogP contribution in [0.1, 0.15) is 49.9 Å². The average Bonchev–Trinajstić information content (AvgIpc) is 3.66. The zero-order valence-corrected chi connectivity index (χ0v) is 34.0. The number of rotatable bonds is 6. The Labute approximate surface area is 347 Å². The largest absolute Gasteiger partial charge is 0.309 e. The van der Waals surface area contributed by atoms with Crippen molar-refractivity contribution in [3.8, 4) is 55.6 Å². The van der Waals surface area contributed by atoms with Crippen LogP contribution in [-0.2, 0) is 10.8 Å². The van der Waals surface area contributed by atoms with Crippen molar-refractivity contribution >= 4 is 27.8 Å². The van der Waals surface area contributed by atoms with E-state index >= 15 is 0 Å². The monoisotopic (exact) mass is 755 g/mol.